The predicted molar refractivity (Wildman–Crippen MR) is 70.6 cm³/mol. The topological polar surface area (TPSA) is 51.2 Å². The Balaban J connectivity index is 2.17. The Hall–Kier alpha value is -1.30. The molecule has 20 heavy (non-hydrogen) atoms. The average Bonchev–Trinajstić information content (AvgIpc) is 2.35. The van der Waals surface area contributed by atoms with Crippen molar-refractivity contribution in [1.29, 1.82) is 0 Å². The average molecular weight is 302 g/mol. The number of carbonyl (C=O) groups excluding carboxylic acids is 1. The molecule has 2 rings (SSSR count). The molecular formula is C14H16F2O3S. The van der Waals surface area contributed by atoms with Gasteiger partial charge in [-0.1, -0.05) is 19.1 Å². The minimum atomic E-state index is -3.94. The van der Waals surface area contributed by atoms with Gasteiger partial charge in [-0.05, 0) is 24.1 Å². The van der Waals surface area contributed by atoms with E-state index < -0.39 is 22.0 Å². The second-order valence-corrected chi connectivity index (χ2v) is 7.07. The van der Waals surface area contributed by atoms with Gasteiger partial charge in [0.25, 0.3) is 6.43 Å². The predicted octanol–water partition coefficient (Wildman–Crippen LogP) is 2.81. The van der Waals surface area contributed by atoms with Crippen molar-refractivity contribution in [3.63, 3.8) is 0 Å². The molecule has 3 nitrogen and oxygen atoms in total. The van der Waals surface area contributed by atoms with Gasteiger partial charge in [0.2, 0.25) is 0 Å². The van der Waals surface area contributed by atoms with Crippen LogP contribution in [0.3, 0.4) is 0 Å². The maximum Gasteiger partial charge on any atom is 0.252 e. The van der Waals surface area contributed by atoms with E-state index in [1.807, 2.05) is 6.92 Å². The van der Waals surface area contributed by atoms with Crippen LogP contribution < -0.4 is 0 Å². The van der Waals surface area contributed by atoms with Crippen molar-refractivity contribution in [2.75, 3.05) is 5.75 Å². The van der Waals surface area contributed by atoms with Crippen LogP contribution in [0.5, 0.6) is 0 Å². The number of hydrogen-bond donors (Lipinski definition) is 0. The van der Waals surface area contributed by atoms with E-state index in [9.17, 15) is 22.0 Å². The summed E-state index contributed by atoms with van der Waals surface area (Å²) in [5, 5.41) is 0. The second kappa shape index (κ2) is 5.60. The fourth-order valence-electron chi connectivity index (χ4n) is 2.62. The van der Waals surface area contributed by atoms with E-state index >= 15 is 0 Å². The van der Waals surface area contributed by atoms with Crippen LogP contribution in [0.4, 0.5) is 8.78 Å². The van der Waals surface area contributed by atoms with Gasteiger partial charge in [0.1, 0.15) is 11.5 Å². The van der Waals surface area contributed by atoms with Crippen LogP contribution in [0.25, 0.3) is 0 Å². The van der Waals surface area contributed by atoms with E-state index in [1.165, 1.54) is 12.1 Å². The third-order valence-corrected chi connectivity index (χ3v) is 5.45. The van der Waals surface area contributed by atoms with Crippen LogP contribution in [-0.2, 0) is 14.6 Å². The highest BCUT2D eigenvalue weighted by molar-refractivity contribution is 7.91. The van der Waals surface area contributed by atoms with Crippen LogP contribution in [0, 0.1) is 5.92 Å². The first kappa shape index (κ1) is 15.1. The molecule has 0 amide bonds. The third-order valence-electron chi connectivity index (χ3n) is 3.77. The number of ketones is 1. The van der Waals surface area contributed by atoms with Crippen molar-refractivity contribution in [3.8, 4) is 0 Å². The summed E-state index contributed by atoms with van der Waals surface area (Å²) in [7, 11) is -3.94. The molecule has 0 bridgehead atoms. The fourth-order valence-corrected chi connectivity index (χ4v) is 3.70. The lowest BCUT2D eigenvalue weighted by Crippen LogP contribution is -2.34. The molecule has 6 heteroatoms. The SMILES string of the molecule is CCC1C(=O)CC1c1ccc(S(=O)(=O)CC(F)F)cc1. The van der Waals surface area contributed by atoms with Gasteiger partial charge in [0.05, 0.1) is 4.90 Å². The Labute approximate surface area is 116 Å². The molecule has 1 saturated carbocycles. The van der Waals surface area contributed by atoms with Crippen LogP contribution in [-0.4, -0.2) is 26.4 Å². The Morgan fingerprint density at radius 3 is 2.30 bits per heavy atom. The molecule has 0 saturated heterocycles. The molecular weight excluding hydrogens is 286 g/mol. The number of carbonyl (C=O) groups is 1. The molecule has 0 N–H and O–H groups in total. The van der Waals surface area contributed by atoms with Gasteiger partial charge in [-0.2, -0.15) is 0 Å². The van der Waals surface area contributed by atoms with E-state index in [4.69, 9.17) is 0 Å². The lowest BCUT2D eigenvalue weighted by atomic mass is 9.68. The molecule has 0 aliphatic heterocycles. The smallest absolute Gasteiger partial charge is 0.252 e. The summed E-state index contributed by atoms with van der Waals surface area (Å²) in [5.74, 6) is -0.809. The molecule has 0 aromatic heterocycles. The summed E-state index contributed by atoms with van der Waals surface area (Å²) in [4.78, 5) is 11.3. The summed E-state index contributed by atoms with van der Waals surface area (Å²) >= 11 is 0. The lowest BCUT2D eigenvalue weighted by Gasteiger charge is -2.34. The molecule has 0 spiro atoms. The second-order valence-electron chi connectivity index (χ2n) is 5.03. The van der Waals surface area contributed by atoms with E-state index in [2.05, 4.69) is 0 Å². The molecule has 1 aromatic rings. The molecule has 110 valence electrons. The molecule has 2 atom stereocenters. The Kier molecular flexibility index (Phi) is 4.22. The highest BCUT2D eigenvalue weighted by Gasteiger charge is 2.38. The van der Waals surface area contributed by atoms with Gasteiger partial charge in [-0.15, -0.1) is 0 Å². The van der Waals surface area contributed by atoms with Crippen LogP contribution in [0.15, 0.2) is 29.2 Å². The summed E-state index contributed by atoms with van der Waals surface area (Å²) in [6, 6.07) is 5.95. The molecule has 1 aromatic carbocycles. The van der Waals surface area contributed by atoms with Crippen LogP contribution in [0.1, 0.15) is 31.2 Å². The van der Waals surface area contributed by atoms with Gasteiger partial charge in [0, 0.05) is 18.3 Å². The van der Waals surface area contributed by atoms with Gasteiger partial charge in [0.15, 0.2) is 9.84 Å². The minimum Gasteiger partial charge on any atom is -0.299 e. The molecule has 0 heterocycles. The molecule has 2 unspecified atom stereocenters. The van der Waals surface area contributed by atoms with Gasteiger partial charge in [-0.25, -0.2) is 17.2 Å². The first-order valence-corrected chi connectivity index (χ1v) is 8.14. The van der Waals surface area contributed by atoms with E-state index in [-0.39, 0.29) is 22.5 Å². The Morgan fingerprint density at radius 1 is 1.25 bits per heavy atom. The monoisotopic (exact) mass is 302 g/mol. The van der Waals surface area contributed by atoms with E-state index in [1.54, 1.807) is 12.1 Å². The zero-order chi connectivity index (χ0) is 14.9. The number of sulfone groups is 1. The molecule has 0 radical (unpaired) electrons. The standard InChI is InChI=1S/C14H16F2O3S/c1-2-11-12(7-13(11)17)9-3-5-10(6-4-9)20(18,19)8-14(15)16/h3-6,11-12,14H,2,7-8H2,1H3. The maximum absolute atomic E-state index is 12.2. The Morgan fingerprint density at radius 2 is 1.85 bits per heavy atom. The number of rotatable bonds is 5. The molecule has 1 fully saturated rings. The number of benzene rings is 1. The summed E-state index contributed by atoms with van der Waals surface area (Å²) < 4.78 is 47.7. The summed E-state index contributed by atoms with van der Waals surface area (Å²) in [5.41, 5.74) is 0.896. The summed E-state index contributed by atoms with van der Waals surface area (Å²) in [6.45, 7) is 1.94. The molecule has 1 aliphatic rings. The Bertz CT molecular complexity index is 593. The maximum atomic E-state index is 12.2. The lowest BCUT2D eigenvalue weighted by molar-refractivity contribution is -0.131. The van der Waals surface area contributed by atoms with Gasteiger partial charge in [-0.3, -0.25) is 4.79 Å². The number of Topliss-reactive ketones (excluding diaryl/α,β-unsaturated/α-hetero) is 1. The van der Waals surface area contributed by atoms with Gasteiger partial charge < -0.3 is 0 Å². The summed E-state index contributed by atoms with van der Waals surface area (Å²) in [6.07, 6.45) is -1.65. The van der Waals surface area contributed by atoms with Gasteiger partial charge >= 0.3 is 0 Å². The first-order valence-electron chi connectivity index (χ1n) is 6.48. The van der Waals surface area contributed by atoms with Crippen LogP contribution in [0.2, 0.25) is 0 Å². The number of alkyl halides is 2. The first-order chi connectivity index (χ1) is 9.35. The van der Waals surface area contributed by atoms with E-state index in [0.29, 0.717) is 6.42 Å². The van der Waals surface area contributed by atoms with Crippen LogP contribution >= 0.6 is 0 Å². The van der Waals surface area contributed by atoms with E-state index in [0.717, 1.165) is 12.0 Å². The van der Waals surface area contributed by atoms with Crippen molar-refractivity contribution < 1.29 is 22.0 Å². The highest BCUT2D eigenvalue weighted by atomic mass is 32.2. The zero-order valence-corrected chi connectivity index (χ0v) is 11.9. The minimum absolute atomic E-state index is 0.00137. The van der Waals surface area contributed by atoms with Crippen molar-refractivity contribution >= 4 is 15.6 Å². The fraction of sp³-hybridized carbons (Fsp3) is 0.500. The zero-order valence-electron chi connectivity index (χ0n) is 11.1. The van der Waals surface area contributed by atoms with Crippen molar-refractivity contribution in [2.24, 2.45) is 5.92 Å². The molecule has 1 aliphatic carbocycles. The third kappa shape index (κ3) is 2.90. The normalized spacial score (nSPS) is 22.9. The van der Waals surface area contributed by atoms with Crippen molar-refractivity contribution in [3.05, 3.63) is 29.8 Å². The van der Waals surface area contributed by atoms with Crippen molar-refractivity contribution in [2.45, 2.75) is 37.0 Å². The largest absolute Gasteiger partial charge is 0.299 e. The quantitative estimate of drug-likeness (QED) is 0.840. The van der Waals surface area contributed by atoms with Crippen molar-refractivity contribution in [1.82, 2.24) is 0 Å². The number of hydrogen-bond acceptors (Lipinski definition) is 3. The highest BCUT2D eigenvalue weighted by Crippen LogP contribution is 2.41. The number of halogens is 2.